The Balaban J connectivity index is 3.12. The van der Waals surface area contributed by atoms with Crippen molar-refractivity contribution in [2.45, 2.75) is 25.8 Å². The molecule has 1 atom stereocenters. The first-order valence-corrected chi connectivity index (χ1v) is 5.41. The first kappa shape index (κ1) is 14.1. The number of anilines is 1. The van der Waals surface area contributed by atoms with Crippen LogP contribution in [0.5, 0.6) is 0 Å². The smallest absolute Gasteiger partial charge is 0.337 e. The van der Waals surface area contributed by atoms with Crippen LogP contribution in [0.25, 0.3) is 0 Å². The van der Waals surface area contributed by atoms with Crippen LogP contribution in [-0.4, -0.2) is 22.5 Å². The van der Waals surface area contributed by atoms with E-state index in [1.54, 1.807) is 6.92 Å². The molecule has 0 aliphatic carbocycles. The predicted octanol–water partition coefficient (Wildman–Crippen LogP) is 1.59. The summed E-state index contributed by atoms with van der Waals surface area (Å²) < 4.78 is 13.5. The highest BCUT2D eigenvalue weighted by Gasteiger charge is 2.28. The number of benzene rings is 1. The molecule has 4 N–H and O–H groups in total. The molecule has 0 saturated heterocycles. The highest BCUT2D eigenvalue weighted by molar-refractivity contribution is 6.03. The van der Waals surface area contributed by atoms with Crippen LogP contribution < -0.4 is 11.1 Å². The molecule has 0 aromatic heterocycles. The SMILES string of the molecule is CCC(C)(N)C(=O)Nc1c(F)cccc1C(=O)O. The van der Waals surface area contributed by atoms with Crippen molar-refractivity contribution >= 4 is 17.6 Å². The molecular weight excluding hydrogens is 239 g/mol. The van der Waals surface area contributed by atoms with Crippen molar-refractivity contribution in [1.29, 1.82) is 0 Å². The largest absolute Gasteiger partial charge is 0.478 e. The second kappa shape index (κ2) is 5.14. The van der Waals surface area contributed by atoms with Crippen LogP contribution in [0.4, 0.5) is 10.1 Å². The molecule has 0 saturated carbocycles. The minimum absolute atomic E-state index is 0.310. The highest BCUT2D eigenvalue weighted by atomic mass is 19.1. The fourth-order valence-corrected chi connectivity index (χ4v) is 1.25. The molecule has 0 bridgehead atoms. The van der Waals surface area contributed by atoms with Crippen LogP contribution >= 0.6 is 0 Å². The van der Waals surface area contributed by atoms with E-state index in [2.05, 4.69) is 5.32 Å². The Hall–Kier alpha value is -1.95. The zero-order chi connectivity index (χ0) is 13.9. The van der Waals surface area contributed by atoms with Crippen LogP contribution in [0.3, 0.4) is 0 Å². The summed E-state index contributed by atoms with van der Waals surface area (Å²) in [4.78, 5) is 22.7. The lowest BCUT2D eigenvalue weighted by Crippen LogP contribution is -2.48. The lowest BCUT2D eigenvalue weighted by molar-refractivity contribution is -0.120. The molecule has 0 radical (unpaired) electrons. The Labute approximate surface area is 104 Å². The Bertz CT molecular complexity index is 486. The van der Waals surface area contributed by atoms with Crippen LogP contribution in [0.2, 0.25) is 0 Å². The van der Waals surface area contributed by atoms with Gasteiger partial charge < -0.3 is 16.2 Å². The zero-order valence-corrected chi connectivity index (χ0v) is 10.2. The van der Waals surface area contributed by atoms with Crippen molar-refractivity contribution in [3.8, 4) is 0 Å². The molecule has 0 heterocycles. The molecule has 98 valence electrons. The van der Waals surface area contributed by atoms with Crippen molar-refractivity contribution < 1.29 is 19.1 Å². The first-order valence-electron chi connectivity index (χ1n) is 5.41. The number of carbonyl (C=O) groups excluding carboxylic acids is 1. The summed E-state index contributed by atoms with van der Waals surface area (Å²) in [6, 6.07) is 3.54. The number of nitrogens with two attached hydrogens (primary N) is 1. The van der Waals surface area contributed by atoms with E-state index >= 15 is 0 Å². The Morgan fingerprint density at radius 2 is 2.11 bits per heavy atom. The van der Waals surface area contributed by atoms with Crippen LogP contribution in [0, 0.1) is 5.82 Å². The summed E-state index contributed by atoms with van der Waals surface area (Å²) in [6.45, 7) is 3.20. The third-order valence-corrected chi connectivity index (χ3v) is 2.74. The van der Waals surface area contributed by atoms with Crippen molar-refractivity contribution in [2.24, 2.45) is 5.73 Å². The molecule has 6 heteroatoms. The van der Waals surface area contributed by atoms with Gasteiger partial charge in [0, 0.05) is 0 Å². The fourth-order valence-electron chi connectivity index (χ4n) is 1.25. The van der Waals surface area contributed by atoms with Gasteiger partial charge in [-0.25, -0.2) is 9.18 Å². The summed E-state index contributed by atoms with van der Waals surface area (Å²) >= 11 is 0. The molecule has 1 aromatic rings. The van der Waals surface area contributed by atoms with Gasteiger partial charge in [0.2, 0.25) is 5.91 Å². The van der Waals surface area contributed by atoms with E-state index in [4.69, 9.17) is 10.8 Å². The molecule has 0 fully saturated rings. The van der Waals surface area contributed by atoms with E-state index in [9.17, 15) is 14.0 Å². The maximum atomic E-state index is 13.5. The number of halogens is 1. The number of aromatic carboxylic acids is 1. The van der Waals surface area contributed by atoms with Gasteiger partial charge in [-0.15, -0.1) is 0 Å². The van der Waals surface area contributed by atoms with Gasteiger partial charge in [0.1, 0.15) is 5.82 Å². The molecule has 0 aliphatic rings. The fraction of sp³-hybridized carbons (Fsp3) is 0.333. The average molecular weight is 254 g/mol. The molecule has 1 aromatic carbocycles. The minimum atomic E-state index is -1.32. The summed E-state index contributed by atoms with van der Waals surface area (Å²) in [5, 5.41) is 11.1. The lowest BCUT2D eigenvalue weighted by Gasteiger charge is -2.22. The van der Waals surface area contributed by atoms with Gasteiger partial charge in [-0.2, -0.15) is 0 Å². The number of para-hydroxylation sites is 1. The van der Waals surface area contributed by atoms with E-state index in [0.717, 1.165) is 6.07 Å². The highest BCUT2D eigenvalue weighted by Crippen LogP contribution is 2.21. The number of amides is 1. The summed E-state index contributed by atoms with van der Waals surface area (Å²) in [5.41, 5.74) is 3.85. The zero-order valence-electron chi connectivity index (χ0n) is 10.2. The van der Waals surface area contributed by atoms with Gasteiger partial charge in [0.25, 0.3) is 0 Å². The Morgan fingerprint density at radius 3 is 2.61 bits per heavy atom. The lowest BCUT2D eigenvalue weighted by atomic mass is 9.99. The van der Waals surface area contributed by atoms with Gasteiger partial charge in [0.05, 0.1) is 16.8 Å². The van der Waals surface area contributed by atoms with Crippen molar-refractivity contribution in [3.05, 3.63) is 29.6 Å². The number of nitrogens with one attached hydrogen (secondary N) is 1. The van der Waals surface area contributed by atoms with Gasteiger partial charge in [-0.05, 0) is 25.5 Å². The summed E-state index contributed by atoms with van der Waals surface area (Å²) in [7, 11) is 0. The monoisotopic (exact) mass is 254 g/mol. The van der Waals surface area contributed by atoms with Crippen molar-refractivity contribution in [3.63, 3.8) is 0 Å². The number of carbonyl (C=O) groups is 2. The number of hydrogen-bond acceptors (Lipinski definition) is 3. The molecule has 1 unspecified atom stereocenters. The third-order valence-electron chi connectivity index (χ3n) is 2.74. The van der Waals surface area contributed by atoms with E-state index in [1.165, 1.54) is 19.1 Å². The normalized spacial score (nSPS) is 13.8. The van der Waals surface area contributed by atoms with E-state index in [0.29, 0.717) is 6.42 Å². The van der Waals surface area contributed by atoms with E-state index in [1.807, 2.05) is 0 Å². The Morgan fingerprint density at radius 1 is 1.50 bits per heavy atom. The Kier molecular flexibility index (Phi) is 4.03. The van der Waals surface area contributed by atoms with Crippen molar-refractivity contribution in [2.75, 3.05) is 5.32 Å². The summed E-state index contributed by atoms with van der Waals surface area (Å²) in [5.74, 6) is -2.76. The van der Waals surface area contributed by atoms with Crippen LogP contribution in [0.1, 0.15) is 30.6 Å². The number of hydrogen-bond donors (Lipinski definition) is 3. The van der Waals surface area contributed by atoms with E-state index < -0.39 is 23.2 Å². The molecular formula is C12H15FN2O3. The van der Waals surface area contributed by atoms with Gasteiger partial charge in [-0.1, -0.05) is 13.0 Å². The number of rotatable bonds is 4. The third kappa shape index (κ3) is 2.84. The quantitative estimate of drug-likeness (QED) is 0.760. The molecule has 0 spiro atoms. The second-order valence-electron chi connectivity index (χ2n) is 4.19. The van der Waals surface area contributed by atoms with Gasteiger partial charge >= 0.3 is 5.97 Å². The molecule has 0 aliphatic heterocycles. The topological polar surface area (TPSA) is 92.4 Å². The summed E-state index contributed by atoms with van der Waals surface area (Å²) in [6.07, 6.45) is 0.343. The maximum Gasteiger partial charge on any atom is 0.337 e. The molecule has 1 rings (SSSR count). The molecule has 5 nitrogen and oxygen atoms in total. The average Bonchev–Trinajstić information content (AvgIpc) is 2.31. The van der Waals surface area contributed by atoms with Gasteiger partial charge in [-0.3, -0.25) is 4.79 Å². The first-order chi connectivity index (χ1) is 8.29. The van der Waals surface area contributed by atoms with E-state index in [-0.39, 0.29) is 11.3 Å². The van der Waals surface area contributed by atoms with Crippen LogP contribution in [-0.2, 0) is 4.79 Å². The second-order valence-corrected chi connectivity index (χ2v) is 4.19. The molecule has 1 amide bonds. The maximum absolute atomic E-state index is 13.5. The number of carboxylic acids is 1. The van der Waals surface area contributed by atoms with Gasteiger partial charge in [0.15, 0.2) is 0 Å². The minimum Gasteiger partial charge on any atom is -0.478 e. The predicted molar refractivity (Wildman–Crippen MR) is 64.9 cm³/mol. The number of carboxylic acid groups (broad SMARTS) is 1. The van der Waals surface area contributed by atoms with Crippen LogP contribution in [0.15, 0.2) is 18.2 Å². The standard InChI is InChI=1S/C12H15FN2O3/c1-3-12(2,14)11(18)15-9-7(10(16)17)5-4-6-8(9)13/h4-6H,3,14H2,1-2H3,(H,15,18)(H,16,17). The molecule has 18 heavy (non-hydrogen) atoms. The van der Waals surface area contributed by atoms with Crippen molar-refractivity contribution in [1.82, 2.24) is 0 Å².